The Balaban J connectivity index is 0. The van der Waals surface area contributed by atoms with Gasteiger partial charge in [-0.05, 0) is 17.7 Å². The molecule has 0 aliphatic carbocycles. The Morgan fingerprint density at radius 2 is 1.54 bits per heavy atom. The van der Waals surface area contributed by atoms with Gasteiger partial charge in [0, 0.05) is 0 Å². The quantitative estimate of drug-likeness (QED) is 0.331. The number of carbonyl (C=O) groups is 1. The molecular weight excluding hydrogens is 375 g/mol. The van der Waals surface area contributed by atoms with Crippen LogP contribution < -0.4 is 51.4 Å². The van der Waals surface area contributed by atoms with E-state index >= 15 is 0 Å². The molecule has 0 aromatic heterocycles. The third kappa shape index (κ3) is 12.6. The summed E-state index contributed by atoms with van der Waals surface area (Å²) in [6.45, 7) is 9.99. The van der Waals surface area contributed by atoms with E-state index in [0.29, 0.717) is 11.8 Å². The molecule has 4 heteroatoms. The minimum Gasteiger partial charge on any atom is -0.507 e. The molecule has 28 heavy (non-hydrogen) atoms. The third-order valence-electron chi connectivity index (χ3n) is 3.68. The van der Waals surface area contributed by atoms with Gasteiger partial charge < -0.3 is 16.8 Å². The van der Waals surface area contributed by atoms with E-state index in [1.807, 2.05) is 19.3 Å². The minimum atomic E-state index is -0.0538. The van der Waals surface area contributed by atoms with E-state index in [-0.39, 0.29) is 62.7 Å². The Kier molecular flexibility index (Phi) is 20.5. The molecule has 0 fully saturated rings. The summed E-state index contributed by atoms with van der Waals surface area (Å²) in [6.07, 6.45) is 10.4. The Morgan fingerprint density at radius 3 is 2.04 bits per heavy atom. The molecule has 0 heterocycles. The number of aldehydes is 1. The summed E-state index contributed by atoms with van der Waals surface area (Å²) >= 11 is 0. The average Bonchev–Trinajstić information content (AvgIpc) is 2.70. The van der Waals surface area contributed by atoms with Crippen LogP contribution >= 0.6 is 0 Å². The number of aromatic hydroxyl groups is 1. The van der Waals surface area contributed by atoms with Crippen LogP contribution in [0.5, 0.6) is 5.75 Å². The number of hydrogen-bond acceptors (Lipinski definition) is 3. The van der Waals surface area contributed by atoms with Gasteiger partial charge >= 0.3 is 51.4 Å². The van der Waals surface area contributed by atoms with Gasteiger partial charge in [-0.25, -0.2) is 0 Å². The van der Waals surface area contributed by atoms with E-state index in [2.05, 4.69) is 20.8 Å². The Labute approximate surface area is 213 Å². The van der Waals surface area contributed by atoms with Crippen molar-refractivity contribution < 1.29 is 66.1 Å². The molecule has 0 aliphatic heterocycles. The molecule has 0 saturated carbocycles. The zero-order chi connectivity index (χ0) is 20.5. The maximum absolute atomic E-state index is 10.7. The molecule has 148 valence electrons. The van der Waals surface area contributed by atoms with Gasteiger partial charge in [-0.15, -0.1) is 6.07 Å². The topological polar surface area (TPSA) is 54.4 Å². The SMILES string of the molecule is CCCCCCC.O=[C-]c1cccc(-c2ccc(O)c(C=O)c2)c1.[CH2-]CC.[K+]. The van der Waals surface area contributed by atoms with Crippen molar-refractivity contribution in [2.24, 2.45) is 0 Å². The molecule has 1 N–H and O–H groups in total. The van der Waals surface area contributed by atoms with E-state index < -0.39 is 0 Å². The standard InChI is InChI=1S/C14H9O3.C7H16.C3H7.K/c15-8-10-2-1-3-11(6-10)12-4-5-14(17)13(7-12)9-16;1-3-5-7-6-4-2;1-3-2;/h1-7,9,17H;3-7H2,1-2H3;1,3H2,2H3;/q-1;;-1;+1. The molecule has 0 saturated heterocycles. The van der Waals surface area contributed by atoms with Gasteiger partial charge in [0.2, 0.25) is 0 Å². The number of phenols is 1. The van der Waals surface area contributed by atoms with Gasteiger partial charge in [0.15, 0.2) is 6.29 Å². The molecule has 2 aromatic carbocycles. The van der Waals surface area contributed by atoms with Gasteiger partial charge in [0.1, 0.15) is 5.75 Å². The van der Waals surface area contributed by atoms with Crippen LogP contribution in [0.4, 0.5) is 0 Å². The second-order valence-electron chi connectivity index (χ2n) is 6.13. The van der Waals surface area contributed by atoms with Crippen molar-refractivity contribution in [3.63, 3.8) is 0 Å². The van der Waals surface area contributed by atoms with Gasteiger partial charge in [0.05, 0.1) is 11.8 Å². The summed E-state index contributed by atoms with van der Waals surface area (Å²) in [5.41, 5.74) is 2.24. The first kappa shape index (κ1) is 29.4. The van der Waals surface area contributed by atoms with Crippen molar-refractivity contribution in [2.45, 2.75) is 59.3 Å². The fourth-order valence-corrected chi connectivity index (χ4v) is 2.27. The zero-order valence-corrected chi connectivity index (χ0v) is 21.0. The van der Waals surface area contributed by atoms with Gasteiger partial charge in [-0.1, -0.05) is 70.6 Å². The van der Waals surface area contributed by atoms with Crippen LogP contribution in [0.2, 0.25) is 0 Å². The second kappa shape index (κ2) is 19.5. The largest absolute Gasteiger partial charge is 1.00 e. The Bertz CT molecular complexity index is 665. The van der Waals surface area contributed by atoms with Crippen molar-refractivity contribution in [3.8, 4) is 16.9 Å². The van der Waals surface area contributed by atoms with Crippen LogP contribution in [0.1, 0.15) is 75.2 Å². The van der Waals surface area contributed by atoms with Crippen LogP contribution in [-0.2, 0) is 4.79 Å². The summed E-state index contributed by atoms with van der Waals surface area (Å²) in [5, 5.41) is 9.39. The number of unbranched alkanes of at least 4 members (excludes halogenated alkanes) is 4. The molecule has 2 rings (SSSR count). The molecule has 2 aromatic rings. The maximum atomic E-state index is 10.7. The van der Waals surface area contributed by atoms with Crippen molar-refractivity contribution in [1.29, 1.82) is 0 Å². The van der Waals surface area contributed by atoms with Crippen LogP contribution in [0.15, 0.2) is 42.5 Å². The van der Waals surface area contributed by atoms with Crippen LogP contribution in [-0.4, -0.2) is 17.7 Å². The van der Waals surface area contributed by atoms with Crippen LogP contribution in [0.25, 0.3) is 11.1 Å². The van der Waals surface area contributed by atoms with E-state index in [4.69, 9.17) is 0 Å². The molecular formula is C24H32KO3-. The van der Waals surface area contributed by atoms with Crippen LogP contribution in [0.3, 0.4) is 0 Å². The summed E-state index contributed by atoms with van der Waals surface area (Å²) in [6, 6.07) is 11.6. The predicted molar refractivity (Wildman–Crippen MR) is 114 cm³/mol. The summed E-state index contributed by atoms with van der Waals surface area (Å²) in [7, 11) is 0. The first-order valence-corrected chi connectivity index (χ1v) is 9.63. The van der Waals surface area contributed by atoms with Gasteiger partial charge in [-0.3, -0.25) is 4.79 Å². The number of hydrogen-bond donors (Lipinski definition) is 1. The number of benzene rings is 2. The first-order chi connectivity index (χ1) is 13.1. The fourth-order valence-electron chi connectivity index (χ4n) is 2.27. The maximum Gasteiger partial charge on any atom is 1.00 e. The van der Waals surface area contributed by atoms with Crippen molar-refractivity contribution in [3.05, 3.63) is 60.5 Å². The van der Waals surface area contributed by atoms with Crippen molar-refractivity contribution in [1.82, 2.24) is 0 Å². The fraction of sp³-hybridized carbons (Fsp3) is 0.375. The Morgan fingerprint density at radius 1 is 0.964 bits per heavy atom. The molecule has 0 atom stereocenters. The molecule has 0 amide bonds. The minimum absolute atomic E-state index is 0. The van der Waals surface area contributed by atoms with Crippen molar-refractivity contribution in [2.75, 3.05) is 0 Å². The summed E-state index contributed by atoms with van der Waals surface area (Å²) < 4.78 is 0. The zero-order valence-electron chi connectivity index (χ0n) is 17.8. The molecule has 0 unspecified atom stereocenters. The Hall–Kier alpha value is -0.784. The summed E-state index contributed by atoms with van der Waals surface area (Å²) in [5.74, 6) is -0.0538. The first-order valence-electron chi connectivity index (χ1n) is 9.63. The van der Waals surface area contributed by atoms with Gasteiger partial charge in [0.25, 0.3) is 0 Å². The molecule has 0 bridgehead atoms. The number of rotatable bonds is 7. The smallest absolute Gasteiger partial charge is 0.507 e. The predicted octanol–water partition coefficient (Wildman–Crippen LogP) is 3.54. The molecule has 0 aliphatic rings. The molecule has 3 nitrogen and oxygen atoms in total. The second-order valence-corrected chi connectivity index (χ2v) is 6.13. The third-order valence-corrected chi connectivity index (χ3v) is 3.68. The van der Waals surface area contributed by atoms with E-state index in [1.54, 1.807) is 30.3 Å². The molecule has 0 radical (unpaired) electrons. The normalized spacial score (nSPS) is 9.00. The average molecular weight is 408 g/mol. The van der Waals surface area contributed by atoms with E-state index in [1.165, 1.54) is 38.2 Å². The van der Waals surface area contributed by atoms with E-state index in [9.17, 15) is 14.7 Å². The monoisotopic (exact) mass is 407 g/mol. The number of phenolic OH excluding ortho intramolecular Hbond substituents is 1. The van der Waals surface area contributed by atoms with Crippen molar-refractivity contribution >= 4 is 12.6 Å². The van der Waals surface area contributed by atoms with E-state index in [0.717, 1.165) is 17.5 Å². The molecule has 0 spiro atoms. The van der Waals surface area contributed by atoms with Crippen LogP contribution in [0, 0.1) is 6.92 Å². The number of carbonyl (C=O) groups excluding carboxylic acids is 2. The van der Waals surface area contributed by atoms with Gasteiger partial charge in [-0.2, -0.15) is 24.1 Å². The summed E-state index contributed by atoms with van der Waals surface area (Å²) in [4.78, 5) is 21.3.